The van der Waals surface area contributed by atoms with Crippen LogP contribution in [0.25, 0.3) is 0 Å². The van der Waals surface area contributed by atoms with Crippen molar-refractivity contribution in [3.8, 4) is 0 Å². The fourth-order valence-electron chi connectivity index (χ4n) is 4.44. The number of likely N-dealkylation sites (tertiary alicyclic amines) is 1. The van der Waals surface area contributed by atoms with Gasteiger partial charge in [0, 0.05) is 32.0 Å². The average Bonchev–Trinajstić information content (AvgIpc) is 2.61. The van der Waals surface area contributed by atoms with Crippen LogP contribution in [0.1, 0.15) is 57.8 Å². The van der Waals surface area contributed by atoms with Crippen molar-refractivity contribution in [2.45, 2.75) is 69.5 Å². The summed E-state index contributed by atoms with van der Waals surface area (Å²) < 4.78 is 11.8. The van der Waals surface area contributed by atoms with E-state index in [-0.39, 0.29) is 24.2 Å². The van der Waals surface area contributed by atoms with Gasteiger partial charge < -0.3 is 19.5 Å². The fraction of sp³-hybridized carbons (Fsp3) is 0.944. The summed E-state index contributed by atoms with van der Waals surface area (Å²) in [5.74, 6) is 0.647. The quantitative estimate of drug-likeness (QED) is 0.860. The minimum atomic E-state index is -0.109. The molecule has 0 radical (unpaired) electrons. The fourth-order valence-corrected chi connectivity index (χ4v) is 4.44. The van der Waals surface area contributed by atoms with Crippen LogP contribution in [0.3, 0.4) is 0 Å². The van der Waals surface area contributed by atoms with E-state index in [0.29, 0.717) is 12.5 Å². The molecule has 1 aliphatic carbocycles. The summed E-state index contributed by atoms with van der Waals surface area (Å²) in [6.45, 7) is 2.86. The normalized spacial score (nSPS) is 28.9. The van der Waals surface area contributed by atoms with Crippen molar-refractivity contribution in [3.63, 3.8) is 0 Å². The van der Waals surface area contributed by atoms with Gasteiger partial charge in [-0.25, -0.2) is 0 Å². The van der Waals surface area contributed by atoms with Crippen molar-refractivity contribution in [1.29, 1.82) is 0 Å². The summed E-state index contributed by atoms with van der Waals surface area (Å²) >= 11 is 0. The predicted octanol–water partition coefficient (Wildman–Crippen LogP) is 2.12. The van der Waals surface area contributed by atoms with Gasteiger partial charge >= 0.3 is 0 Å². The van der Waals surface area contributed by atoms with E-state index in [1.54, 1.807) is 0 Å². The standard InChI is InChI=1S/C18H31NO4/c20-11-13-22-16-6-12-23-18(14-16)7-9-19(10-8-18)17(21)15-4-2-1-3-5-15/h15-16,20H,1-14H2. The van der Waals surface area contributed by atoms with E-state index in [4.69, 9.17) is 14.6 Å². The number of rotatable bonds is 4. The first-order valence-electron chi connectivity index (χ1n) is 9.38. The third-order valence-electron chi connectivity index (χ3n) is 5.83. The van der Waals surface area contributed by atoms with Crippen molar-refractivity contribution >= 4 is 5.91 Å². The van der Waals surface area contributed by atoms with Crippen LogP contribution < -0.4 is 0 Å². The third-order valence-corrected chi connectivity index (χ3v) is 5.83. The number of aliphatic hydroxyl groups excluding tert-OH is 1. The monoisotopic (exact) mass is 325 g/mol. The van der Waals surface area contributed by atoms with E-state index in [0.717, 1.165) is 58.2 Å². The van der Waals surface area contributed by atoms with Crippen LogP contribution in [-0.4, -0.2) is 60.5 Å². The Kier molecular flexibility index (Phi) is 5.94. The lowest BCUT2D eigenvalue weighted by Gasteiger charge is -2.46. The first-order chi connectivity index (χ1) is 11.2. The molecule has 0 bridgehead atoms. The topological polar surface area (TPSA) is 59.0 Å². The molecule has 1 atom stereocenters. The second-order valence-corrected chi connectivity index (χ2v) is 7.40. The van der Waals surface area contributed by atoms with Gasteiger partial charge in [0.1, 0.15) is 0 Å². The maximum Gasteiger partial charge on any atom is 0.225 e. The maximum absolute atomic E-state index is 12.7. The molecule has 0 aromatic heterocycles. The highest BCUT2D eigenvalue weighted by Crippen LogP contribution is 2.37. The Morgan fingerprint density at radius 3 is 2.61 bits per heavy atom. The molecule has 5 heteroatoms. The summed E-state index contributed by atoms with van der Waals surface area (Å²) in [5, 5.41) is 8.92. The van der Waals surface area contributed by atoms with Crippen LogP contribution in [0.2, 0.25) is 0 Å². The van der Waals surface area contributed by atoms with E-state index < -0.39 is 0 Å². The van der Waals surface area contributed by atoms with Crippen LogP contribution in [0.5, 0.6) is 0 Å². The van der Waals surface area contributed by atoms with Crippen molar-refractivity contribution in [1.82, 2.24) is 4.90 Å². The summed E-state index contributed by atoms with van der Waals surface area (Å²) in [6.07, 6.45) is 9.71. The Labute approximate surface area is 139 Å². The first kappa shape index (κ1) is 17.2. The highest BCUT2D eigenvalue weighted by Gasteiger charge is 2.42. The smallest absolute Gasteiger partial charge is 0.225 e. The van der Waals surface area contributed by atoms with Crippen LogP contribution in [0.4, 0.5) is 0 Å². The molecular weight excluding hydrogens is 294 g/mol. The van der Waals surface area contributed by atoms with Gasteiger partial charge in [0.05, 0.1) is 24.9 Å². The van der Waals surface area contributed by atoms with E-state index in [1.807, 2.05) is 0 Å². The minimum absolute atomic E-state index is 0.0774. The lowest BCUT2D eigenvalue weighted by atomic mass is 9.82. The molecule has 3 aliphatic rings. The van der Waals surface area contributed by atoms with Crippen molar-refractivity contribution < 1.29 is 19.4 Å². The number of hydrogen-bond donors (Lipinski definition) is 1. The van der Waals surface area contributed by atoms with E-state index in [2.05, 4.69) is 4.90 Å². The predicted molar refractivity (Wildman–Crippen MR) is 87.1 cm³/mol. The summed E-state index contributed by atoms with van der Waals surface area (Å²) in [4.78, 5) is 14.7. The van der Waals surface area contributed by atoms with Crippen LogP contribution in [0.15, 0.2) is 0 Å². The maximum atomic E-state index is 12.7. The van der Waals surface area contributed by atoms with Gasteiger partial charge in [-0.15, -0.1) is 0 Å². The summed E-state index contributed by atoms with van der Waals surface area (Å²) in [6, 6.07) is 0. The molecule has 2 heterocycles. The largest absolute Gasteiger partial charge is 0.394 e. The molecular formula is C18H31NO4. The van der Waals surface area contributed by atoms with Crippen molar-refractivity contribution in [3.05, 3.63) is 0 Å². The summed E-state index contributed by atoms with van der Waals surface area (Å²) in [7, 11) is 0. The molecule has 1 N–H and O–H groups in total. The molecule has 3 rings (SSSR count). The molecule has 23 heavy (non-hydrogen) atoms. The second kappa shape index (κ2) is 7.95. The lowest BCUT2D eigenvalue weighted by molar-refractivity contribution is -0.164. The van der Waals surface area contributed by atoms with Gasteiger partial charge in [-0.05, 0) is 32.1 Å². The molecule has 2 aliphatic heterocycles. The number of carbonyl (C=O) groups is 1. The zero-order valence-corrected chi connectivity index (χ0v) is 14.2. The molecule has 0 aromatic carbocycles. The molecule has 132 valence electrons. The average molecular weight is 325 g/mol. The Morgan fingerprint density at radius 2 is 1.91 bits per heavy atom. The number of piperidine rings is 1. The second-order valence-electron chi connectivity index (χ2n) is 7.40. The Bertz CT molecular complexity index is 386. The highest BCUT2D eigenvalue weighted by molar-refractivity contribution is 5.79. The van der Waals surface area contributed by atoms with E-state index in [9.17, 15) is 4.79 Å². The molecule has 1 spiro atoms. The Balaban J connectivity index is 1.49. The molecule has 1 unspecified atom stereocenters. The van der Waals surface area contributed by atoms with E-state index >= 15 is 0 Å². The van der Waals surface area contributed by atoms with Gasteiger partial charge in [0.15, 0.2) is 0 Å². The number of hydrogen-bond acceptors (Lipinski definition) is 4. The summed E-state index contributed by atoms with van der Waals surface area (Å²) in [5.41, 5.74) is -0.109. The van der Waals surface area contributed by atoms with Gasteiger partial charge in [-0.2, -0.15) is 0 Å². The van der Waals surface area contributed by atoms with Crippen molar-refractivity contribution in [2.75, 3.05) is 32.9 Å². The Hall–Kier alpha value is -0.650. The number of nitrogens with zero attached hydrogens (tertiary/aromatic N) is 1. The molecule has 3 fully saturated rings. The molecule has 2 saturated heterocycles. The van der Waals surface area contributed by atoms with Gasteiger partial charge in [0.25, 0.3) is 0 Å². The highest BCUT2D eigenvalue weighted by atomic mass is 16.5. The molecule has 1 saturated carbocycles. The first-order valence-corrected chi connectivity index (χ1v) is 9.38. The SMILES string of the molecule is O=C(C1CCCCC1)N1CCC2(CC1)CC(OCCO)CCO2. The van der Waals surface area contributed by atoms with Gasteiger partial charge in [-0.1, -0.05) is 19.3 Å². The molecule has 5 nitrogen and oxygen atoms in total. The minimum Gasteiger partial charge on any atom is -0.394 e. The van der Waals surface area contributed by atoms with Crippen molar-refractivity contribution in [2.24, 2.45) is 5.92 Å². The van der Waals surface area contributed by atoms with E-state index in [1.165, 1.54) is 19.3 Å². The number of aliphatic hydroxyl groups is 1. The van der Waals surface area contributed by atoms with Crippen LogP contribution >= 0.6 is 0 Å². The lowest BCUT2D eigenvalue weighted by Crippen LogP contribution is -2.53. The Morgan fingerprint density at radius 1 is 1.17 bits per heavy atom. The van der Waals surface area contributed by atoms with Gasteiger partial charge in [-0.3, -0.25) is 4.79 Å². The number of ether oxygens (including phenoxy) is 2. The number of amides is 1. The molecule has 1 amide bonds. The third kappa shape index (κ3) is 4.25. The zero-order chi connectivity index (χ0) is 16.1. The molecule has 0 aromatic rings. The van der Waals surface area contributed by atoms with Crippen LogP contribution in [-0.2, 0) is 14.3 Å². The zero-order valence-electron chi connectivity index (χ0n) is 14.2. The number of carbonyl (C=O) groups excluding carboxylic acids is 1. The van der Waals surface area contributed by atoms with Crippen LogP contribution in [0, 0.1) is 5.92 Å². The van der Waals surface area contributed by atoms with Gasteiger partial charge in [0.2, 0.25) is 5.91 Å².